The third-order valence-corrected chi connectivity index (χ3v) is 2.95. The lowest BCUT2D eigenvalue weighted by atomic mass is 10.1. The molecule has 0 unspecified atom stereocenters. The summed E-state index contributed by atoms with van der Waals surface area (Å²) in [6.45, 7) is 7.91. The van der Waals surface area contributed by atoms with Gasteiger partial charge in [-0.3, -0.25) is 4.99 Å². The Morgan fingerprint density at radius 1 is 1.62 bits per heavy atom. The van der Waals surface area contributed by atoms with Crippen LogP contribution in [0.25, 0.3) is 0 Å². The molecule has 0 bridgehead atoms. The first-order chi connectivity index (χ1) is 7.76. The van der Waals surface area contributed by atoms with Gasteiger partial charge in [-0.25, -0.2) is 0 Å². The first-order valence-corrected chi connectivity index (χ1v) is 6.01. The van der Waals surface area contributed by atoms with E-state index in [0.29, 0.717) is 18.5 Å². The highest BCUT2D eigenvalue weighted by Crippen LogP contribution is 2.15. The molecule has 5 heteroatoms. The van der Waals surface area contributed by atoms with Crippen molar-refractivity contribution < 1.29 is 4.74 Å². The number of likely N-dealkylation sites (tertiary alicyclic amines) is 1. The van der Waals surface area contributed by atoms with Gasteiger partial charge in [-0.15, -0.1) is 0 Å². The minimum atomic E-state index is 0.534. The average molecular weight is 228 g/mol. The number of methoxy groups -OCH3 is 1. The molecular formula is C11H24N4O. The Balaban J connectivity index is 2.15. The molecule has 1 atom stereocenters. The molecule has 16 heavy (non-hydrogen) atoms. The Bertz CT molecular complexity index is 220. The fraction of sp³-hybridized carbons (Fsp3) is 0.909. The number of rotatable bonds is 6. The molecule has 1 rings (SSSR count). The summed E-state index contributed by atoms with van der Waals surface area (Å²) in [6.07, 6.45) is 1.24. The lowest BCUT2D eigenvalue weighted by molar-refractivity contribution is 0.204. The van der Waals surface area contributed by atoms with E-state index in [-0.39, 0.29) is 0 Å². The van der Waals surface area contributed by atoms with Gasteiger partial charge in [0.05, 0.1) is 6.61 Å². The van der Waals surface area contributed by atoms with Gasteiger partial charge in [0.25, 0.3) is 0 Å². The minimum Gasteiger partial charge on any atom is -0.383 e. The molecular weight excluding hydrogens is 204 g/mol. The number of guanidine groups is 1. The van der Waals surface area contributed by atoms with Crippen molar-refractivity contribution in [3.63, 3.8) is 0 Å². The molecule has 1 fully saturated rings. The van der Waals surface area contributed by atoms with E-state index in [2.05, 4.69) is 22.1 Å². The van der Waals surface area contributed by atoms with Crippen molar-refractivity contribution in [3.05, 3.63) is 0 Å². The number of hydrogen-bond donors (Lipinski definition) is 2. The van der Waals surface area contributed by atoms with Crippen LogP contribution in [0.5, 0.6) is 0 Å². The molecule has 1 aliphatic rings. The molecule has 0 aromatic carbocycles. The zero-order chi connectivity index (χ0) is 11.8. The molecule has 0 aromatic heterocycles. The van der Waals surface area contributed by atoms with Gasteiger partial charge in [-0.05, 0) is 25.4 Å². The van der Waals surface area contributed by atoms with Crippen LogP contribution in [0, 0.1) is 5.92 Å². The van der Waals surface area contributed by atoms with Crippen LogP contribution in [-0.2, 0) is 4.74 Å². The zero-order valence-electron chi connectivity index (χ0n) is 10.4. The number of hydrogen-bond acceptors (Lipinski definition) is 3. The van der Waals surface area contributed by atoms with E-state index in [4.69, 9.17) is 10.5 Å². The zero-order valence-corrected chi connectivity index (χ0v) is 10.4. The number of nitrogens with zero attached hydrogens (tertiary/aromatic N) is 2. The van der Waals surface area contributed by atoms with Crippen LogP contribution in [0.15, 0.2) is 4.99 Å². The molecule has 0 aromatic rings. The van der Waals surface area contributed by atoms with Crippen molar-refractivity contribution in [2.24, 2.45) is 16.6 Å². The van der Waals surface area contributed by atoms with Crippen LogP contribution in [0.4, 0.5) is 0 Å². The first kappa shape index (κ1) is 13.3. The van der Waals surface area contributed by atoms with E-state index in [0.717, 1.165) is 26.2 Å². The maximum atomic E-state index is 5.73. The van der Waals surface area contributed by atoms with Crippen molar-refractivity contribution in [2.75, 3.05) is 46.4 Å². The molecule has 1 aliphatic heterocycles. The van der Waals surface area contributed by atoms with Gasteiger partial charge in [-0.1, -0.05) is 6.92 Å². The molecule has 0 amide bonds. The average Bonchev–Trinajstić information content (AvgIpc) is 2.74. The lowest BCUT2D eigenvalue weighted by Crippen LogP contribution is -2.34. The summed E-state index contributed by atoms with van der Waals surface area (Å²) in [5, 5.41) is 3.02. The second-order valence-corrected chi connectivity index (χ2v) is 4.19. The minimum absolute atomic E-state index is 0.534. The predicted octanol–water partition coefficient (Wildman–Crippen LogP) is -0.121. The summed E-state index contributed by atoms with van der Waals surface area (Å²) in [4.78, 5) is 6.80. The van der Waals surface area contributed by atoms with Gasteiger partial charge in [-0.2, -0.15) is 0 Å². The predicted molar refractivity (Wildman–Crippen MR) is 66.6 cm³/mol. The second-order valence-electron chi connectivity index (χ2n) is 4.19. The van der Waals surface area contributed by atoms with Gasteiger partial charge in [0.2, 0.25) is 0 Å². The van der Waals surface area contributed by atoms with Crippen molar-refractivity contribution in [1.82, 2.24) is 10.2 Å². The highest BCUT2D eigenvalue weighted by molar-refractivity contribution is 5.77. The quantitative estimate of drug-likeness (QED) is 0.378. The summed E-state index contributed by atoms with van der Waals surface area (Å²) >= 11 is 0. The molecule has 0 aliphatic carbocycles. The molecule has 5 nitrogen and oxygen atoms in total. The Labute approximate surface area is 98.0 Å². The third kappa shape index (κ3) is 4.81. The summed E-state index contributed by atoms with van der Waals surface area (Å²) in [5.41, 5.74) is 5.73. The van der Waals surface area contributed by atoms with Crippen molar-refractivity contribution >= 4 is 5.96 Å². The molecule has 0 radical (unpaired) electrons. The maximum Gasteiger partial charge on any atom is 0.188 e. The monoisotopic (exact) mass is 228 g/mol. The third-order valence-electron chi connectivity index (χ3n) is 2.95. The summed E-state index contributed by atoms with van der Waals surface area (Å²) in [5.74, 6) is 1.20. The van der Waals surface area contributed by atoms with Gasteiger partial charge < -0.3 is 20.7 Å². The Hall–Kier alpha value is -0.810. The van der Waals surface area contributed by atoms with Crippen molar-refractivity contribution in [1.29, 1.82) is 0 Å². The van der Waals surface area contributed by atoms with E-state index >= 15 is 0 Å². The van der Waals surface area contributed by atoms with Crippen LogP contribution < -0.4 is 11.1 Å². The topological polar surface area (TPSA) is 62.9 Å². The van der Waals surface area contributed by atoms with Gasteiger partial charge in [0.1, 0.15) is 0 Å². The van der Waals surface area contributed by atoms with Crippen LogP contribution in [0.3, 0.4) is 0 Å². The molecule has 94 valence electrons. The second kappa shape index (κ2) is 7.46. The highest BCUT2D eigenvalue weighted by Gasteiger charge is 2.20. The van der Waals surface area contributed by atoms with Crippen LogP contribution in [0.2, 0.25) is 0 Å². The smallest absolute Gasteiger partial charge is 0.188 e. The van der Waals surface area contributed by atoms with Crippen LogP contribution in [-0.4, -0.2) is 57.3 Å². The van der Waals surface area contributed by atoms with Gasteiger partial charge in [0, 0.05) is 26.7 Å². The van der Waals surface area contributed by atoms with E-state index in [1.165, 1.54) is 13.0 Å². The molecule has 0 spiro atoms. The van der Waals surface area contributed by atoms with Gasteiger partial charge >= 0.3 is 0 Å². The lowest BCUT2D eigenvalue weighted by Gasteiger charge is -2.12. The number of ether oxygens (including phenoxy) is 1. The van der Waals surface area contributed by atoms with E-state index in [1.54, 1.807) is 7.11 Å². The van der Waals surface area contributed by atoms with E-state index in [9.17, 15) is 0 Å². The molecule has 3 N–H and O–H groups in total. The molecule has 1 heterocycles. The maximum absolute atomic E-state index is 5.73. The molecule has 1 saturated heterocycles. The number of aliphatic imine (C=N–C) groups is 1. The Kier molecular flexibility index (Phi) is 6.18. The standard InChI is InChI=1S/C11H24N4O/c1-3-15-6-4-10(9-15)8-14-11(12)13-5-7-16-2/h10H,3-9H2,1-2H3,(H3,12,13,14)/t10-/m1/s1. The first-order valence-electron chi connectivity index (χ1n) is 6.01. The summed E-state index contributed by atoms with van der Waals surface area (Å²) in [6, 6.07) is 0. The largest absolute Gasteiger partial charge is 0.383 e. The Morgan fingerprint density at radius 3 is 3.06 bits per heavy atom. The highest BCUT2D eigenvalue weighted by atomic mass is 16.5. The fourth-order valence-electron chi connectivity index (χ4n) is 1.91. The summed E-state index contributed by atoms with van der Waals surface area (Å²) < 4.78 is 4.92. The van der Waals surface area contributed by atoms with E-state index in [1.807, 2.05) is 0 Å². The van der Waals surface area contributed by atoms with E-state index < -0.39 is 0 Å². The Morgan fingerprint density at radius 2 is 2.44 bits per heavy atom. The van der Waals surface area contributed by atoms with Crippen molar-refractivity contribution in [2.45, 2.75) is 13.3 Å². The normalized spacial score (nSPS) is 22.6. The van der Waals surface area contributed by atoms with Crippen molar-refractivity contribution in [3.8, 4) is 0 Å². The summed E-state index contributed by atoms with van der Waals surface area (Å²) in [7, 11) is 1.67. The van der Waals surface area contributed by atoms with Crippen LogP contribution >= 0.6 is 0 Å². The number of nitrogens with two attached hydrogens (primary N) is 1. The van der Waals surface area contributed by atoms with Crippen LogP contribution in [0.1, 0.15) is 13.3 Å². The van der Waals surface area contributed by atoms with Gasteiger partial charge in [0.15, 0.2) is 5.96 Å². The molecule has 0 saturated carbocycles. The number of nitrogens with one attached hydrogen (secondary N) is 1. The fourth-order valence-corrected chi connectivity index (χ4v) is 1.91. The SMILES string of the molecule is CCN1CC[C@H](CN=C(N)NCCOC)C1.